The number of benzene rings is 3. The molecule has 0 atom stereocenters. The third-order valence-corrected chi connectivity index (χ3v) is 6.22. The Morgan fingerprint density at radius 1 is 1.03 bits per heavy atom. The van der Waals surface area contributed by atoms with E-state index in [0.717, 1.165) is 17.3 Å². The number of nitrogens with zero attached hydrogens (tertiary/aromatic N) is 2. The first-order valence-corrected chi connectivity index (χ1v) is 11.8. The van der Waals surface area contributed by atoms with Gasteiger partial charge >= 0.3 is 10.1 Å². The van der Waals surface area contributed by atoms with Gasteiger partial charge in [-0.1, -0.05) is 54.2 Å². The summed E-state index contributed by atoms with van der Waals surface area (Å²) in [4.78, 5) is 16.4. The Morgan fingerprint density at radius 3 is 2.56 bits per heavy atom. The zero-order chi connectivity index (χ0) is 22.4. The second-order valence-corrected chi connectivity index (χ2v) is 8.89. The predicted molar refractivity (Wildman–Crippen MR) is 121 cm³/mol. The van der Waals surface area contributed by atoms with Crippen LogP contribution in [0.3, 0.4) is 0 Å². The number of hydrogen-bond donors (Lipinski definition) is 1. The molecule has 1 aromatic heterocycles. The fourth-order valence-corrected chi connectivity index (χ4v) is 4.27. The maximum atomic E-state index is 12.5. The number of carbonyl (C=O) groups excluding carboxylic acids is 1. The van der Waals surface area contributed by atoms with Gasteiger partial charge in [0.1, 0.15) is 10.4 Å². The fraction of sp³-hybridized carbons (Fsp3) is 0.0455. The SMILES string of the molecule is O=C(CSc1nc2ccccc2o1)N/N=C\c1ccccc1OS(=O)(=O)c1ccccc1. The van der Waals surface area contributed by atoms with Gasteiger partial charge in [0.15, 0.2) is 11.3 Å². The van der Waals surface area contributed by atoms with E-state index in [-0.39, 0.29) is 22.3 Å². The number of hydrogen-bond acceptors (Lipinski definition) is 8. The summed E-state index contributed by atoms with van der Waals surface area (Å²) in [6.07, 6.45) is 1.32. The Bertz CT molecular complexity index is 1340. The van der Waals surface area contributed by atoms with Gasteiger partial charge in [0.25, 0.3) is 11.1 Å². The highest BCUT2D eigenvalue weighted by molar-refractivity contribution is 7.99. The molecule has 0 saturated heterocycles. The summed E-state index contributed by atoms with van der Waals surface area (Å²) in [5.74, 6) is -0.232. The molecule has 8 nitrogen and oxygen atoms in total. The number of fused-ring (bicyclic) bond motifs is 1. The Labute approximate surface area is 188 Å². The Hall–Kier alpha value is -3.63. The first-order chi connectivity index (χ1) is 15.5. The minimum Gasteiger partial charge on any atom is -0.431 e. The molecule has 32 heavy (non-hydrogen) atoms. The number of amides is 1. The number of carbonyl (C=O) groups is 1. The van der Waals surface area contributed by atoms with Crippen LogP contribution in [0, 0.1) is 0 Å². The summed E-state index contributed by atoms with van der Waals surface area (Å²) >= 11 is 1.14. The molecular weight excluding hydrogens is 450 g/mol. The van der Waals surface area contributed by atoms with Gasteiger partial charge in [-0.25, -0.2) is 10.4 Å². The fourth-order valence-electron chi connectivity index (χ4n) is 2.66. The monoisotopic (exact) mass is 467 g/mol. The normalized spacial score (nSPS) is 11.6. The van der Waals surface area contributed by atoms with Gasteiger partial charge in [0.2, 0.25) is 0 Å². The van der Waals surface area contributed by atoms with E-state index >= 15 is 0 Å². The topological polar surface area (TPSA) is 111 Å². The predicted octanol–water partition coefficient (Wildman–Crippen LogP) is 3.84. The molecule has 1 heterocycles. The number of nitrogens with one attached hydrogen (secondary N) is 1. The van der Waals surface area contributed by atoms with Crippen molar-refractivity contribution in [2.75, 3.05) is 5.75 Å². The van der Waals surface area contributed by atoms with Crippen LogP contribution in [-0.4, -0.2) is 31.3 Å². The molecule has 0 spiro atoms. The Balaban J connectivity index is 1.36. The molecule has 0 radical (unpaired) electrons. The molecule has 4 rings (SSSR count). The molecule has 1 N–H and O–H groups in total. The van der Waals surface area contributed by atoms with Crippen LogP contribution in [0.5, 0.6) is 5.75 Å². The van der Waals surface area contributed by atoms with E-state index in [1.807, 2.05) is 18.2 Å². The van der Waals surface area contributed by atoms with Crippen LogP contribution in [0.15, 0.2) is 98.5 Å². The third-order valence-electron chi connectivity index (χ3n) is 4.14. The van der Waals surface area contributed by atoms with Crippen LogP contribution in [0.4, 0.5) is 0 Å². The number of rotatable bonds is 8. The first-order valence-electron chi connectivity index (χ1n) is 9.40. The highest BCUT2D eigenvalue weighted by Gasteiger charge is 2.17. The van der Waals surface area contributed by atoms with Crippen molar-refractivity contribution in [2.24, 2.45) is 5.10 Å². The molecule has 1 amide bonds. The lowest BCUT2D eigenvalue weighted by molar-refractivity contribution is -0.118. The maximum Gasteiger partial charge on any atom is 0.339 e. The van der Waals surface area contributed by atoms with Crippen LogP contribution in [-0.2, 0) is 14.9 Å². The Kier molecular flexibility index (Phi) is 6.52. The van der Waals surface area contributed by atoms with Crippen molar-refractivity contribution >= 4 is 45.1 Å². The zero-order valence-corrected chi connectivity index (χ0v) is 18.2. The van der Waals surface area contributed by atoms with Crippen molar-refractivity contribution in [2.45, 2.75) is 10.1 Å². The molecule has 0 saturated carbocycles. The van der Waals surface area contributed by atoms with E-state index in [1.165, 1.54) is 24.4 Å². The van der Waals surface area contributed by atoms with Gasteiger partial charge in [-0.2, -0.15) is 13.5 Å². The second kappa shape index (κ2) is 9.67. The summed E-state index contributed by atoms with van der Waals surface area (Å²) in [5, 5.41) is 4.28. The summed E-state index contributed by atoms with van der Waals surface area (Å²) in [5.41, 5.74) is 4.15. The van der Waals surface area contributed by atoms with Crippen molar-refractivity contribution in [1.82, 2.24) is 10.4 Å². The van der Waals surface area contributed by atoms with Gasteiger partial charge in [-0.3, -0.25) is 4.79 Å². The molecular formula is C22H17N3O5S2. The van der Waals surface area contributed by atoms with E-state index in [9.17, 15) is 13.2 Å². The van der Waals surface area contributed by atoms with Crippen molar-refractivity contribution in [1.29, 1.82) is 0 Å². The average Bonchev–Trinajstić information content (AvgIpc) is 3.22. The average molecular weight is 468 g/mol. The van der Waals surface area contributed by atoms with Crippen molar-refractivity contribution < 1.29 is 21.8 Å². The van der Waals surface area contributed by atoms with E-state index < -0.39 is 10.1 Å². The molecule has 0 unspecified atom stereocenters. The zero-order valence-electron chi connectivity index (χ0n) is 16.5. The molecule has 0 fully saturated rings. The van der Waals surface area contributed by atoms with Crippen LogP contribution in [0.25, 0.3) is 11.1 Å². The summed E-state index contributed by atoms with van der Waals surface area (Å²) < 4.78 is 35.7. The first kappa shape index (κ1) is 21.6. The molecule has 162 valence electrons. The third kappa shape index (κ3) is 5.34. The van der Waals surface area contributed by atoms with Crippen molar-refractivity contribution in [3.63, 3.8) is 0 Å². The van der Waals surface area contributed by atoms with E-state index in [1.54, 1.807) is 42.5 Å². The van der Waals surface area contributed by atoms with Crippen molar-refractivity contribution in [3.05, 3.63) is 84.4 Å². The number of aromatic nitrogens is 1. The number of hydrazone groups is 1. The van der Waals surface area contributed by atoms with Gasteiger partial charge in [-0.15, -0.1) is 0 Å². The molecule has 4 aromatic rings. The largest absolute Gasteiger partial charge is 0.431 e. The summed E-state index contributed by atoms with van der Waals surface area (Å²) in [6.45, 7) is 0. The van der Waals surface area contributed by atoms with Gasteiger partial charge in [0, 0.05) is 5.56 Å². The highest BCUT2D eigenvalue weighted by Crippen LogP contribution is 2.23. The second-order valence-electron chi connectivity index (χ2n) is 6.42. The van der Waals surface area contributed by atoms with E-state index in [2.05, 4.69) is 15.5 Å². The van der Waals surface area contributed by atoms with Gasteiger partial charge < -0.3 is 8.60 Å². The van der Waals surface area contributed by atoms with Crippen molar-refractivity contribution in [3.8, 4) is 5.75 Å². The van der Waals surface area contributed by atoms with Crippen LogP contribution >= 0.6 is 11.8 Å². The number of thioether (sulfide) groups is 1. The van der Waals surface area contributed by atoms with E-state index in [4.69, 9.17) is 8.60 Å². The Morgan fingerprint density at radius 2 is 1.75 bits per heavy atom. The smallest absolute Gasteiger partial charge is 0.339 e. The van der Waals surface area contributed by atoms with E-state index in [0.29, 0.717) is 16.4 Å². The minimum atomic E-state index is -4.00. The molecule has 0 aliphatic rings. The standard InChI is InChI=1S/C22H17N3O5S2/c26-21(15-31-22-24-18-11-5-7-13-20(18)29-22)25-23-14-16-8-4-6-12-19(16)30-32(27,28)17-9-2-1-3-10-17/h1-14H,15H2,(H,25,26)/b23-14-. The molecule has 0 aliphatic heterocycles. The van der Waals surface area contributed by atoms with Gasteiger partial charge in [-0.05, 0) is 36.4 Å². The summed E-state index contributed by atoms with van der Waals surface area (Å²) in [6, 6.07) is 21.6. The number of oxazole rings is 1. The lowest BCUT2D eigenvalue weighted by Gasteiger charge is -2.09. The lowest BCUT2D eigenvalue weighted by Crippen LogP contribution is -2.19. The summed E-state index contributed by atoms with van der Waals surface area (Å²) in [7, 11) is -4.00. The molecule has 10 heteroatoms. The minimum absolute atomic E-state index is 0.0382. The van der Waals surface area contributed by atoms with Crippen LogP contribution < -0.4 is 9.61 Å². The maximum absolute atomic E-state index is 12.5. The van der Waals surface area contributed by atoms with Gasteiger partial charge in [0.05, 0.1) is 12.0 Å². The quantitative estimate of drug-likeness (QED) is 0.181. The molecule has 0 bridgehead atoms. The highest BCUT2D eigenvalue weighted by atomic mass is 32.2. The molecule has 3 aromatic carbocycles. The van der Waals surface area contributed by atoms with Crippen LogP contribution in [0.2, 0.25) is 0 Å². The number of para-hydroxylation sites is 3. The van der Waals surface area contributed by atoms with Crippen LogP contribution in [0.1, 0.15) is 5.56 Å². The molecule has 0 aliphatic carbocycles. The lowest BCUT2D eigenvalue weighted by atomic mass is 10.2.